The van der Waals surface area contributed by atoms with Crippen LogP contribution >= 0.6 is 0 Å². The summed E-state index contributed by atoms with van der Waals surface area (Å²) in [7, 11) is 0. The van der Waals surface area contributed by atoms with Crippen molar-refractivity contribution in [2.45, 2.75) is 64.5 Å². The van der Waals surface area contributed by atoms with Gasteiger partial charge < -0.3 is 9.64 Å². The number of hydrogen-bond donors (Lipinski definition) is 0. The molecule has 2 atom stereocenters. The maximum atomic E-state index is 12.6. The highest BCUT2D eigenvalue weighted by atomic mass is 16.6. The van der Waals surface area contributed by atoms with E-state index in [-0.39, 0.29) is 29.9 Å². The maximum Gasteiger partial charge on any atom is 0.410 e. The summed E-state index contributed by atoms with van der Waals surface area (Å²) in [5.74, 6) is -0.361. The molecule has 28 heavy (non-hydrogen) atoms. The Morgan fingerprint density at radius 3 is 2.75 bits per heavy atom. The highest BCUT2D eigenvalue weighted by Crippen LogP contribution is 2.32. The van der Waals surface area contributed by atoms with Crippen molar-refractivity contribution in [1.29, 1.82) is 0 Å². The summed E-state index contributed by atoms with van der Waals surface area (Å²) in [4.78, 5) is 40.9. The van der Waals surface area contributed by atoms with Gasteiger partial charge in [-0.15, -0.1) is 6.58 Å². The van der Waals surface area contributed by atoms with Gasteiger partial charge in [-0.2, -0.15) is 0 Å². The second kappa shape index (κ2) is 7.94. The normalized spacial score (nSPS) is 23.3. The monoisotopic (exact) mass is 386 g/mol. The number of amides is 3. The predicted octanol–water partition coefficient (Wildman–Crippen LogP) is 3.59. The van der Waals surface area contributed by atoms with Gasteiger partial charge in [0.05, 0.1) is 0 Å². The van der Waals surface area contributed by atoms with Crippen molar-refractivity contribution >= 4 is 17.9 Å². The fourth-order valence-electron chi connectivity index (χ4n) is 4.22. The smallest absolute Gasteiger partial charge is 0.410 e. The van der Waals surface area contributed by atoms with E-state index >= 15 is 0 Å². The maximum absolute atomic E-state index is 12.6. The summed E-state index contributed by atoms with van der Waals surface area (Å²) < 4.78 is 5.54. The summed E-state index contributed by atoms with van der Waals surface area (Å²) >= 11 is 0. The zero-order valence-electron chi connectivity index (χ0n) is 17.1. The Hall–Kier alpha value is -2.37. The lowest BCUT2D eigenvalue weighted by Crippen LogP contribution is -2.43. The highest BCUT2D eigenvalue weighted by molar-refractivity contribution is 6.20. The van der Waals surface area contributed by atoms with E-state index < -0.39 is 5.60 Å². The molecule has 0 bridgehead atoms. The lowest BCUT2D eigenvalue weighted by Gasteiger charge is -2.32. The number of imide groups is 1. The van der Waals surface area contributed by atoms with Gasteiger partial charge in [0.1, 0.15) is 5.60 Å². The average Bonchev–Trinajstić information content (AvgIpc) is 3.20. The van der Waals surface area contributed by atoms with Crippen molar-refractivity contribution in [1.82, 2.24) is 9.80 Å². The topological polar surface area (TPSA) is 66.9 Å². The molecule has 1 fully saturated rings. The molecule has 6 nitrogen and oxygen atoms in total. The highest BCUT2D eigenvalue weighted by Gasteiger charge is 2.39. The molecule has 3 amide bonds. The molecule has 0 aromatic rings. The standard InChI is InChI=1S/C22H30N2O4/c1-5-15(18-11-8-13-23(18)21(27)28-22(2,3)4)12-14-24-19(25)16-9-6-7-10-17(16)20(24)26/h5-6,9,15,18H,1,7-8,10-14H2,2-4H3. The third-order valence-corrected chi connectivity index (χ3v) is 5.56. The molecule has 2 aliphatic heterocycles. The largest absolute Gasteiger partial charge is 0.444 e. The molecule has 2 heterocycles. The van der Waals surface area contributed by atoms with E-state index in [2.05, 4.69) is 6.58 Å². The molecule has 0 saturated carbocycles. The number of carbonyl (C=O) groups is 3. The molecule has 1 aliphatic carbocycles. The lowest BCUT2D eigenvalue weighted by atomic mass is 9.94. The summed E-state index contributed by atoms with van der Waals surface area (Å²) in [6.07, 6.45) is 9.05. The molecule has 3 rings (SSSR count). The molecule has 0 radical (unpaired) electrons. The summed E-state index contributed by atoms with van der Waals surface area (Å²) in [5.41, 5.74) is 0.641. The minimum absolute atomic E-state index is 0.00351. The molecule has 152 valence electrons. The molecule has 0 aromatic carbocycles. The lowest BCUT2D eigenvalue weighted by molar-refractivity contribution is -0.137. The van der Waals surface area contributed by atoms with Crippen LogP contribution in [0.2, 0.25) is 0 Å². The van der Waals surface area contributed by atoms with Crippen molar-refractivity contribution < 1.29 is 19.1 Å². The van der Waals surface area contributed by atoms with Gasteiger partial charge in [0.25, 0.3) is 11.8 Å². The SMILES string of the molecule is C=CC(CCN1C(=O)C2=C(CCC=C2)C1=O)C1CCCN1C(=O)OC(C)(C)C. The van der Waals surface area contributed by atoms with Gasteiger partial charge in [-0.05, 0) is 58.8 Å². The number of nitrogens with zero attached hydrogens (tertiary/aromatic N) is 2. The Morgan fingerprint density at radius 1 is 1.36 bits per heavy atom. The summed E-state index contributed by atoms with van der Waals surface area (Å²) in [5, 5.41) is 0. The van der Waals surface area contributed by atoms with Crippen LogP contribution in [0.15, 0.2) is 36.0 Å². The van der Waals surface area contributed by atoms with Gasteiger partial charge in [0.2, 0.25) is 0 Å². The number of rotatable bonds is 5. The number of likely N-dealkylation sites (tertiary alicyclic amines) is 1. The summed E-state index contributed by atoms with van der Waals surface area (Å²) in [6.45, 7) is 10.5. The Morgan fingerprint density at radius 2 is 2.11 bits per heavy atom. The zero-order valence-corrected chi connectivity index (χ0v) is 17.1. The first kappa shape index (κ1) is 20.4. The minimum atomic E-state index is -0.541. The third-order valence-electron chi connectivity index (χ3n) is 5.56. The molecular formula is C22H30N2O4. The van der Waals surface area contributed by atoms with Gasteiger partial charge in [0.15, 0.2) is 0 Å². The van der Waals surface area contributed by atoms with Gasteiger partial charge in [-0.3, -0.25) is 14.5 Å². The van der Waals surface area contributed by atoms with Crippen LogP contribution in [0.25, 0.3) is 0 Å². The molecular weight excluding hydrogens is 356 g/mol. The van der Waals surface area contributed by atoms with Crippen LogP contribution < -0.4 is 0 Å². The average molecular weight is 386 g/mol. The molecule has 2 unspecified atom stereocenters. The van der Waals surface area contributed by atoms with Crippen LogP contribution in [-0.4, -0.2) is 52.4 Å². The third kappa shape index (κ3) is 4.05. The number of carbonyl (C=O) groups excluding carboxylic acids is 3. The Balaban J connectivity index is 1.64. The molecule has 3 aliphatic rings. The molecule has 6 heteroatoms. The van der Waals surface area contributed by atoms with Crippen molar-refractivity contribution in [2.24, 2.45) is 5.92 Å². The van der Waals surface area contributed by atoms with Crippen LogP contribution in [0.3, 0.4) is 0 Å². The number of hydrogen-bond acceptors (Lipinski definition) is 4. The molecule has 0 aromatic heterocycles. The van der Waals surface area contributed by atoms with E-state index in [1.807, 2.05) is 32.9 Å². The Bertz CT molecular complexity index is 744. The molecule has 0 spiro atoms. The van der Waals surface area contributed by atoms with Crippen LogP contribution in [0.4, 0.5) is 4.79 Å². The fraction of sp³-hybridized carbons (Fsp3) is 0.591. The number of allylic oxidation sites excluding steroid dienone is 1. The van der Waals surface area contributed by atoms with Crippen LogP contribution in [0, 0.1) is 5.92 Å². The minimum Gasteiger partial charge on any atom is -0.444 e. The molecule has 1 saturated heterocycles. The van der Waals surface area contributed by atoms with E-state index in [1.54, 1.807) is 11.0 Å². The van der Waals surface area contributed by atoms with Gasteiger partial charge in [-0.25, -0.2) is 4.79 Å². The zero-order chi connectivity index (χ0) is 20.5. The van der Waals surface area contributed by atoms with E-state index in [0.29, 0.717) is 37.1 Å². The predicted molar refractivity (Wildman–Crippen MR) is 106 cm³/mol. The van der Waals surface area contributed by atoms with E-state index in [1.165, 1.54) is 4.90 Å². The fourth-order valence-corrected chi connectivity index (χ4v) is 4.22. The van der Waals surface area contributed by atoms with Crippen LogP contribution in [-0.2, 0) is 14.3 Å². The first-order chi connectivity index (χ1) is 13.2. The van der Waals surface area contributed by atoms with Crippen molar-refractivity contribution in [3.8, 4) is 0 Å². The van der Waals surface area contributed by atoms with Crippen molar-refractivity contribution in [2.75, 3.05) is 13.1 Å². The van der Waals surface area contributed by atoms with Crippen LogP contribution in [0.1, 0.15) is 52.9 Å². The van der Waals surface area contributed by atoms with E-state index in [0.717, 1.165) is 19.3 Å². The number of ether oxygens (including phenoxy) is 1. The van der Waals surface area contributed by atoms with Crippen molar-refractivity contribution in [3.63, 3.8) is 0 Å². The van der Waals surface area contributed by atoms with Gasteiger partial charge >= 0.3 is 6.09 Å². The Labute approximate surface area is 166 Å². The molecule has 0 N–H and O–H groups in total. The van der Waals surface area contributed by atoms with E-state index in [9.17, 15) is 14.4 Å². The second-order valence-electron chi connectivity index (χ2n) is 8.67. The first-order valence-corrected chi connectivity index (χ1v) is 10.1. The quantitative estimate of drug-likeness (QED) is 0.535. The van der Waals surface area contributed by atoms with E-state index in [4.69, 9.17) is 4.74 Å². The van der Waals surface area contributed by atoms with Crippen molar-refractivity contribution in [3.05, 3.63) is 36.0 Å². The van der Waals surface area contributed by atoms with Gasteiger partial charge in [0, 0.05) is 30.3 Å². The Kier molecular flexibility index (Phi) is 5.77. The summed E-state index contributed by atoms with van der Waals surface area (Å²) in [6, 6.07) is -0.0114. The van der Waals surface area contributed by atoms with Crippen LogP contribution in [0.5, 0.6) is 0 Å². The first-order valence-electron chi connectivity index (χ1n) is 10.1. The van der Waals surface area contributed by atoms with Gasteiger partial charge in [-0.1, -0.05) is 18.2 Å². The second-order valence-corrected chi connectivity index (χ2v) is 8.67.